The van der Waals surface area contributed by atoms with Crippen molar-refractivity contribution in [1.82, 2.24) is 5.01 Å². The maximum absolute atomic E-state index is 14.6. The van der Waals surface area contributed by atoms with Crippen LogP contribution >= 0.6 is 15.9 Å². The highest BCUT2D eigenvalue weighted by Crippen LogP contribution is 2.53. The van der Waals surface area contributed by atoms with Crippen molar-refractivity contribution in [1.29, 1.82) is 0 Å². The molecule has 5 heteroatoms. The zero-order chi connectivity index (χ0) is 21.7. The Balaban J connectivity index is 1.38. The van der Waals surface area contributed by atoms with E-state index < -0.39 is 5.72 Å². The molecule has 0 radical (unpaired) electrons. The lowest BCUT2D eigenvalue weighted by Gasteiger charge is -2.50. The largest absolute Gasteiger partial charge is 0.466 e. The third-order valence-corrected chi connectivity index (χ3v) is 7.67. The van der Waals surface area contributed by atoms with Crippen molar-refractivity contribution in [2.24, 2.45) is 5.10 Å². The average Bonchev–Trinajstić information content (AvgIpc) is 3.28. The third kappa shape index (κ3) is 3.25. The Morgan fingerprint density at radius 1 is 0.969 bits per heavy atom. The van der Waals surface area contributed by atoms with E-state index in [2.05, 4.69) is 63.4 Å². The number of hydrogen-bond donors (Lipinski definition) is 0. The van der Waals surface area contributed by atoms with Crippen LogP contribution in [0, 0.1) is 5.82 Å². The molecule has 0 amide bonds. The van der Waals surface area contributed by atoms with Crippen molar-refractivity contribution in [2.75, 3.05) is 0 Å². The molecule has 1 atom stereocenters. The molecular formula is C27H24BrFN2O. The minimum Gasteiger partial charge on any atom is -0.466 e. The lowest BCUT2D eigenvalue weighted by molar-refractivity contribution is -0.142. The average molecular weight is 491 g/mol. The first-order valence-corrected chi connectivity index (χ1v) is 12.1. The normalized spacial score (nSPS) is 26.3. The molecule has 0 unspecified atom stereocenters. The molecule has 1 spiro atoms. The number of rotatable bonds is 2. The van der Waals surface area contributed by atoms with Crippen molar-refractivity contribution >= 4 is 21.6 Å². The van der Waals surface area contributed by atoms with Crippen LogP contribution in [0.3, 0.4) is 0 Å². The minimum atomic E-state index is -0.482. The Kier molecular flexibility index (Phi) is 4.83. The summed E-state index contributed by atoms with van der Waals surface area (Å²) >= 11 is 3.61. The SMILES string of the molecule is Fc1ccccc1C1=NN2[C@@H](C1)c1cc(Br)ccc1OC21CCC(c2ccccc2)CC1. The molecule has 3 aromatic carbocycles. The fourth-order valence-corrected chi connectivity index (χ4v) is 5.95. The van der Waals surface area contributed by atoms with E-state index in [0.717, 1.165) is 47.2 Å². The van der Waals surface area contributed by atoms with Crippen LogP contribution in [-0.4, -0.2) is 16.4 Å². The smallest absolute Gasteiger partial charge is 0.198 e. The zero-order valence-electron chi connectivity index (χ0n) is 17.7. The standard InChI is InChI=1S/C27H24BrFN2O/c28-20-10-11-26-22(16-20)25-17-24(21-8-4-5-9-23(21)29)30-31(25)27(32-26)14-12-19(13-15-27)18-6-2-1-3-7-18/h1-11,16,19,25H,12-15,17H2/t19?,25-,27?/m0/s1. The van der Waals surface area contributed by atoms with E-state index in [4.69, 9.17) is 9.84 Å². The van der Waals surface area contributed by atoms with Crippen LogP contribution in [0.5, 0.6) is 5.75 Å². The fraction of sp³-hybridized carbons (Fsp3) is 0.296. The lowest BCUT2D eigenvalue weighted by atomic mass is 9.78. The summed E-state index contributed by atoms with van der Waals surface area (Å²) in [5.41, 5.74) is 3.42. The summed E-state index contributed by atoms with van der Waals surface area (Å²) in [6.07, 6.45) is 4.56. The van der Waals surface area contributed by atoms with Crippen LogP contribution in [-0.2, 0) is 0 Å². The molecule has 3 aromatic rings. The van der Waals surface area contributed by atoms with Gasteiger partial charge in [-0.1, -0.05) is 64.5 Å². The highest BCUT2D eigenvalue weighted by molar-refractivity contribution is 9.10. The number of fused-ring (bicyclic) bond motifs is 4. The number of halogens is 2. The van der Waals surface area contributed by atoms with E-state index in [-0.39, 0.29) is 11.9 Å². The Labute approximate surface area is 196 Å². The van der Waals surface area contributed by atoms with Gasteiger partial charge in [0.1, 0.15) is 11.6 Å². The van der Waals surface area contributed by atoms with Gasteiger partial charge in [-0.2, -0.15) is 5.10 Å². The van der Waals surface area contributed by atoms with Crippen LogP contribution < -0.4 is 4.74 Å². The van der Waals surface area contributed by atoms with E-state index in [9.17, 15) is 4.39 Å². The van der Waals surface area contributed by atoms with Gasteiger partial charge in [0.2, 0.25) is 0 Å². The van der Waals surface area contributed by atoms with Gasteiger partial charge in [-0.25, -0.2) is 9.40 Å². The second-order valence-electron chi connectivity index (χ2n) is 9.01. The second kappa shape index (κ2) is 7.73. The van der Waals surface area contributed by atoms with Crippen molar-refractivity contribution in [3.05, 3.63) is 99.8 Å². The zero-order valence-corrected chi connectivity index (χ0v) is 19.3. The molecule has 0 bridgehead atoms. The summed E-state index contributed by atoms with van der Waals surface area (Å²) in [4.78, 5) is 0. The summed E-state index contributed by atoms with van der Waals surface area (Å²) in [5, 5.41) is 7.17. The Morgan fingerprint density at radius 2 is 1.72 bits per heavy atom. The molecule has 2 heterocycles. The van der Waals surface area contributed by atoms with Gasteiger partial charge >= 0.3 is 0 Å². The highest BCUT2D eigenvalue weighted by atomic mass is 79.9. The van der Waals surface area contributed by atoms with Gasteiger partial charge in [0.25, 0.3) is 0 Å². The number of hydrazone groups is 1. The van der Waals surface area contributed by atoms with Crippen LogP contribution in [0.4, 0.5) is 4.39 Å². The van der Waals surface area contributed by atoms with Gasteiger partial charge in [-0.3, -0.25) is 0 Å². The number of hydrogen-bond acceptors (Lipinski definition) is 3. The highest BCUT2D eigenvalue weighted by Gasteiger charge is 2.52. The molecule has 32 heavy (non-hydrogen) atoms. The Hall–Kier alpha value is -2.66. The van der Waals surface area contributed by atoms with Crippen LogP contribution in [0.1, 0.15) is 60.8 Å². The number of ether oxygens (including phenoxy) is 1. The van der Waals surface area contributed by atoms with E-state index in [0.29, 0.717) is 17.9 Å². The Morgan fingerprint density at radius 3 is 2.50 bits per heavy atom. The maximum Gasteiger partial charge on any atom is 0.198 e. The van der Waals surface area contributed by atoms with E-state index >= 15 is 0 Å². The first-order valence-electron chi connectivity index (χ1n) is 11.3. The summed E-state index contributed by atoms with van der Waals surface area (Å²) < 4.78 is 22.4. The third-order valence-electron chi connectivity index (χ3n) is 7.18. The van der Waals surface area contributed by atoms with Crippen molar-refractivity contribution in [3.8, 4) is 5.75 Å². The summed E-state index contributed by atoms with van der Waals surface area (Å²) in [5.74, 6) is 1.24. The van der Waals surface area contributed by atoms with Gasteiger partial charge in [0.05, 0.1) is 11.8 Å². The monoisotopic (exact) mass is 490 g/mol. The fourth-order valence-electron chi connectivity index (χ4n) is 5.57. The number of benzene rings is 3. The first-order chi connectivity index (χ1) is 15.6. The molecule has 0 aromatic heterocycles. The number of nitrogens with zero attached hydrogens (tertiary/aromatic N) is 2. The molecule has 6 rings (SSSR count). The molecule has 0 N–H and O–H groups in total. The first kappa shape index (κ1) is 20.0. The van der Waals surface area contributed by atoms with E-state index in [1.165, 1.54) is 11.6 Å². The predicted octanol–water partition coefficient (Wildman–Crippen LogP) is 7.19. The maximum atomic E-state index is 14.6. The van der Waals surface area contributed by atoms with Gasteiger partial charge in [-0.15, -0.1) is 0 Å². The van der Waals surface area contributed by atoms with Crippen molar-refractivity contribution in [3.63, 3.8) is 0 Å². The topological polar surface area (TPSA) is 24.8 Å². The molecule has 2 aliphatic heterocycles. The minimum absolute atomic E-state index is 0.0548. The second-order valence-corrected chi connectivity index (χ2v) is 9.92. The summed E-state index contributed by atoms with van der Waals surface area (Å²) in [7, 11) is 0. The van der Waals surface area contributed by atoms with E-state index in [1.54, 1.807) is 6.07 Å². The lowest BCUT2D eigenvalue weighted by Crippen LogP contribution is -2.55. The quantitative estimate of drug-likeness (QED) is 0.379. The molecule has 3 nitrogen and oxygen atoms in total. The molecule has 3 aliphatic rings. The molecule has 1 saturated carbocycles. The van der Waals surface area contributed by atoms with Crippen LogP contribution in [0.15, 0.2) is 82.4 Å². The van der Waals surface area contributed by atoms with Gasteiger partial charge in [-0.05, 0) is 48.6 Å². The van der Waals surface area contributed by atoms with Crippen molar-refractivity contribution in [2.45, 2.75) is 49.8 Å². The van der Waals surface area contributed by atoms with Gasteiger partial charge in [0, 0.05) is 34.9 Å². The molecule has 0 saturated heterocycles. The van der Waals surface area contributed by atoms with E-state index in [1.807, 2.05) is 18.2 Å². The van der Waals surface area contributed by atoms with Crippen LogP contribution in [0.2, 0.25) is 0 Å². The van der Waals surface area contributed by atoms with Crippen LogP contribution in [0.25, 0.3) is 0 Å². The summed E-state index contributed by atoms with van der Waals surface area (Å²) in [6.45, 7) is 0. The van der Waals surface area contributed by atoms with Gasteiger partial charge in [0.15, 0.2) is 5.72 Å². The summed E-state index contributed by atoms with van der Waals surface area (Å²) in [6, 6.07) is 24.0. The Bertz CT molecular complexity index is 1190. The predicted molar refractivity (Wildman–Crippen MR) is 127 cm³/mol. The molecule has 1 fully saturated rings. The molecular weight excluding hydrogens is 467 g/mol. The van der Waals surface area contributed by atoms with Crippen molar-refractivity contribution < 1.29 is 9.13 Å². The molecule has 1 aliphatic carbocycles. The van der Waals surface area contributed by atoms with Gasteiger partial charge < -0.3 is 4.74 Å². The molecule has 162 valence electrons.